The number of hydrogen-bond donors (Lipinski definition) is 1. The number of ether oxygens (including phenoxy) is 4. The van der Waals surface area contributed by atoms with Crippen LogP contribution in [0.15, 0.2) is 48.5 Å². The summed E-state index contributed by atoms with van der Waals surface area (Å²) in [6, 6.07) is 17.7. The van der Waals surface area contributed by atoms with Gasteiger partial charge in [-0.1, -0.05) is 37.1 Å². The molecule has 0 aliphatic carbocycles. The quantitative estimate of drug-likeness (QED) is 0.244. The van der Waals surface area contributed by atoms with Crippen LogP contribution in [0, 0.1) is 0 Å². The van der Waals surface area contributed by atoms with Gasteiger partial charge in [-0.05, 0) is 126 Å². The smallest absolute Gasteiger partial charge is 0.119 e. The molecule has 0 unspecified atom stereocenters. The SMILES string of the molecule is NC(C1(c2ccc(OCCCN3CCCCC3)cc2)CCOCC1)C1(c2ccc(OCCCN3CCCCC3)cc2)CCOCC1. The van der Waals surface area contributed by atoms with Crippen molar-refractivity contribution in [3.05, 3.63) is 59.7 Å². The van der Waals surface area contributed by atoms with E-state index in [0.29, 0.717) is 0 Å². The van der Waals surface area contributed by atoms with E-state index in [1.165, 1.54) is 75.8 Å². The number of piperidine rings is 2. The fraction of sp³-hybridized carbons (Fsp3) is 0.692. The van der Waals surface area contributed by atoms with E-state index >= 15 is 0 Å². The van der Waals surface area contributed by atoms with Crippen LogP contribution in [0.5, 0.6) is 11.5 Å². The summed E-state index contributed by atoms with van der Waals surface area (Å²) >= 11 is 0. The Morgan fingerprint density at radius 3 is 1.30 bits per heavy atom. The lowest BCUT2D eigenvalue weighted by molar-refractivity contribution is -0.00695. The summed E-state index contributed by atoms with van der Waals surface area (Å²) in [5.41, 5.74) is 9.86. The van der Waals surface area contributed by atoms with Crippen LogP contribution >= 0.6 is 0 Å². The van der Waals surface area contributed by atoms with Gasteiger partial charge in [0.15, 0.2) is 0 Å². The predicted molar refractivity (Wildman–Crippen MR) is 185 cm³/mol. The van der Waals surface area contributed by atoms with E-state index in [4.69, 9.17) is 24.7 Å². The Hall–Kier alpha value is -2.16. The maximum Gasteiger partial charge on any atom is 0.119 e. The molecule has 254 valence electrons. The first kappa shape index (κ1) is 33.7. The first-order valence-corrected chi connectivity index (χ1v) is 18.5. The monoisotopic (exact) mass is 633 g/mol. The van der Waals surface area contributed by atoms with Gasteiger partial charge in [-0.15, -0.1) is 0 Å². The van der Waals surface area contributed by atoms with Crippen molar-refractivity contribution in [2.24, 2.45) is 5.73 Å². The normalized spacial score (nSPS) is 22.5. The minimum absolute atomic E-state index is 0.0691. The van der Waals surface area contributed by atoms with Gasteiger partial charge in [0.25, 0.3) is 0 Å². The first-order chi connectivity index (χ1) is 22.7. The summed E-state index contributed by atoms with van der Waals surface area (Å²) in [5, 5.41) is 0. The van der Waals surface area contributed by atoms with E-state index in [0.717, 1.165) is 103 Å². The first-order valence-electron chi connectivity index (χ1n) is 18.5. The molecule has 7 heteroatoms. The minimum atomic E-state index is -0.175. The molecule has 0 bridgehead atoms. The zero-order valence-electron chi connectivity index (χ0n) is 28.3. The third-order valence-electron chi connectivity index (χ3n) is 11.5. The molecule has 2 aromatic rings. The lowest BCUT2D eigenvalue weighted by atomic mass is 9.56. The van der Waals surface area contributed by atoms with Crippen molar-refractivity contribution in [2.45, 2.75) is 93.9 Å². The van der Waals surface area contributed by atoms with E-state index in [9.17, 15) is 0 Å². The molecule has 0 spiro atoms. The minimum Gasteiger partial charge on any atom is -0.494 e. The van der Waals surface area contributed by atoms with E-state index < -0.39 is 0 Å². The summed E-state index contributed by atoms with van der Waals surface area (Å²) < 4.78 is 24.3. The number of benzene rings is 2. The van der Waals surface area contributed by atoms with Crippen LogP contribution < -0.4 is 15.2 Å². The molecule has 0 amide bonds. The highest BCUT2D eigenvalue weighted by atomic mass is 16.5. The molecule has 4 aliphatic rings. The zero-order valence-corrected chi connectivity index (χ0v) is 28.3. The molecule has 2 N–H and O–H groups in total. The van der Waals surface area contributed by atoms with Gasteiger partial charge in [-0.2, -0.15) is 0 Å². The lowest BCUT2D eigenvalue weighted by Crippen LogP contribution is -2.61. The van der Waals surface area contributed by atoms with Crippen LogP contribution in [0.4, 0.5) is 0 Å². The van der Waals surface area contributed by atoms with Crippen molar-refractivity contribution in [3.8, 4) is 11.5 Å². The molecule has 4 saturated heterocycles. The van der Waals surface area contributed by atoms with Crippen LogP contribution in [0.1, 0.15) is 88.2 Å². The van der Waals surface area contributed by atoms with Gasteiger partial charge < -0.3 is 34.5 Å². The van der Waals surface area contributed by atoms with Crippen LogP contribution in [-0.2, 0) is 20.3 Å². The van der Waals surface area contributed by atoms with Crippen molar-refractivity contribution in [1.29, 1.82) is 0 Å². The van der Waals surface area contributed by atoms with Crippen molar-refractivity contribution in [1.82, 2.24) is 9.80 Å². The molecule has 4 aliphatic heterocycles. The molecular formula is C39H59N3O4. The Kier molecular flexibility index (Phi) is 12.3. The number of nitrogens with zero attached hydrogens (tertiary/aromatic N) is 2. The summed E-state index contributed by atoms with van der Waals surface area (Å²) in [6.07, 6.45) is 13.9. The summed E-state index contributed by atoms with van der Waals surface area (Å²) in [6.45, 7) is 11.7. The zero-order chi connectivity index (χ0) is 31.5. The Balaban J connectivity index is 1.11. The molecule has 7 nitrogen and oxygen atoms in total. The summed E-state index contributed by atoms with van der Waals surface area (Å²) in [7, 11) is 0. The van der Waals surface area contributed by atoms with Gasteiger partial charge >= 0.3 is 0 Å². The Labute approximate surface area is 278 Å². The average Bonchev–Trinajstić information content (AvgIpc) is 3.13. The fourth-order valence-electron chi connectivity index (χ4n) is 8.65. The molecule has 6 rings (SSSR count). The second-order valence-corrected chi connectivity index (χ2v) is 14.3. The summed E-state index contributed by atoms with van der Waals surface area (Å²) in [4.78, 5) is 5.16. The highest BCUT2D eigenvalue weighted by Gasteiger charge is 2.51. The largest absolute Gasteiger partial charge is 0.494 e. The lowest BCUT2D eigenvalue weighted by Gasteiger charge is -2.53. The van der Waals surface area contributed by atoms with Crippen LogP contribution in [0.3, 0.4) is 0 Å². The molecule has 0 atom stereocenters. The standard InChI is InChI=1S/C39H59N3O4/c40-37(38(17-29-43-30-18-38)33-9-13-35(14-10-33)45-27-7-25-41-21-3-1-4-22-41)39(19-31-44-32-20-39)34-11-15-36(16-12-34)46-28-8-26-42-23-5-2-6-24-42/h9-16,37H,1-8,17-32,40H2. The van der Waals surface area contributed by atoms with Crippen molar-refractivity contribution in [3.63, 3.8) is 0 Å². The molecule has 0 radical (unpaired) electrons. The van der Waals surface area contributed by atoms with E-state index in [-0.39, 0.29) is 16.9 Å². The van der Waals surface area contributed by atoms with Gasteiger partial charge in [-0.3, -0.25) is 0 Å². The van der Waals surface area contributed by atoms with Crippen LogP contribution in [-0.4, -0.2) is 94.8 Å². The Bertz CT molecular complexity index is 1060. The van der Waals surface area contributed by atoms with Crippen LogP contribution in [0.25, 0.3) is 0 Å². The molecule has 46 heavy (non-hydrogen) atoms. The number of nitrogens with two attached hydrogens (primary N) is 1. The molecule has 2 aromatic carbocycles. The highest BCUT2D eigenvalue weighted by molar-refractivity contribution is 5.40. The second-order valence-electron chi connectivity index (χ2n) is 14.3. The summed E-state index contributed by atoms with van der Waals surface area (Å²) in [5.74, 6) is 1.90. The number of likely N-dealkylation sites (tertiary alicyclic amines) is 2. The van der Waals surface area contributed by atoms with Crippen molar-refractivity contribution in [2.75, 3.05) is 78.9 Å². The average molecular weight is 634 g/mol. The van der Waals surface area contributed by atoms with Crippen molar-refractivity contribution < 1.29 is 18.9 Å². The van der Waals surface area contributed by atoms with E-state index in [2.05, 4.69) is 58.3 Å². The van der Waals surface area contributed by atoms with Gasteiger partial charge in [-0.25, -0.2) is 0 Å². The fourth-order valence-corrected chi connectivity index (χ4v) is 8.65. The number of hydrogen-bond acceptors (Lipinski definition) is 7. The predicted octanol–water partition coefficient (Wildman–Crippen LogP) is 6.32. The molecule has 0 saturated carbocycles. The molecule has 4 fully saturated rings. The van der Waals surface area contributed by atoms with E-state index in [1.807, 2.05) is 0 Å². The van der Waals surface area contributed by atoms with Gasteiger partial charge in [0.1, 0.15) is 11.5 Å². The van der Waals surface area contributed by atoms with Gasteiger partial charge in [0.05, 0.1) is 13.2 Å². The Morgan fingerprint density at radius 2 is 0.935 bits per heavy atom. The van der Waals surface area contributed by atoms with Crippen LogP contribution in [0.2, 0.25) is 0 Å². The second kappa shape index (κ2) is 16.8. The maximum atomic E-state index is 7.59. The maximum absolute atomic E-state index is 7.59. The molecule has 4 heterocycles. The molecule has 0 aromatic heterocycles. The third-order valence-corrected chi connectivity index (χ3v) is 11.5. The molecular weight excluding hydrogens is 574 g/mol. The van der Waals surface area contributed by atoms with Crippen molar-refractivity contribution >= 4 is 0 Å². The third kappa shape index (κ3) is 8.27. The highest BCUT2D eigenvalue weighted by Crippen LogP contribution is 2.49. The van der Waals surface area contributed by atoms with Gasteiger partial charge in [0, 0.05) is 56.4 Å². The van der Waals surface area contributed by atoms with E-state index in [1.54, 1.807) is 0 Å². The topological polar surface area (TPSA) is 69.4 Å². The number of rotatable bonds is 14. The Morgan fingerprint density at radius 1 is 0.565 bits per heavy atom. The van der Waals surface area contributed by atoms with Gasteiger partial charge in [0.2, 0.25) is 0 Å².